The molecule has 0 bridgehead atoms. The number of pyridine rings is 1. The van der Waals surface area contributed by atoms with E-state index in [1.807, 2.05) is 6.92 Å². The highest BCUT2D eigenvalue weighted by Crippen LogP contribution is 2.14. The minimum atomic E-state index is -0.340. The Morgan fingerprint density at radius 2 is 2.47 bits per heavy atom. The van der Waals surface area contributed by atoms with Crippen molar-refractivity contribution in [3.05, 3.63) is 24.0 Å². The van der Waals surface area contributed by atoms with E-state index in [1.54, 1.807) is 12.1 Å². The highest BCUT2D eigenvalue weighted by molar-refractivity contribution is 5.94. The third-order valence-electron chi connectivity index (χ3n) is 1.68. The number of aromatic nitrogens is 1. The summed E-state index contributed by atoms with van der Waals surface area (Å²) < 4.78 is 5.25. The van der Waals surface area contributed by atoms with Crippen LogP contribution in [0.15, 0.2) is 18.3 Å². The van der Waals surface area contributed by atoms with Gasteiger partial charge in [0.25, 0.3) is 5.91 Å². The molecule has 0 saturated carbocycles. The maximum Gasteiger partial charge on any atom is 0.273 e. The topological polar surface area (TPSA) is 71.5 Å². The van der Waals surface area contributed by atoms with Gasteiger partial charge in [-0.1, -0.05) is 0 Å². The summed E-state index contributed by atoms with van der Waals surface area (Å²) in [6.45, 7) is 2.43. The zero-order valence-corrected chi connectivity index (χ0v) is 8.56. The molecule has 1 rings (SSSR count). The number of rotatable bonds is 5. The first kappa shape index (κ1) is 11.5. The van der Waals surface area contributed by atoms with Crippen molar-refractivity contribution < 1.29 is 14.6 Å². The summed E-state index contributed by atoms with van der Waals surface area (Å²) in [7, 11) is 0. The number of aliphatic hydroxyl groups excluding tert-OH is 1. The molecule has 0 aromatic carbocycles. The molecule has 0 fully saturated rings. The van der Waals surface area contributed by atoms with Gasteiger partial charge in [-0.25, -0.2) is 4.98 Å². The molecule has 0 aliphatic heterocycles. The number of aliphatic hydroxyl groups is 1. The van der Waals surface area contributed by atoms with Crippen molar-refractivity contribution in [2.45, 2.75) is 6.92 Å². The zero-order valence-electron chi connectivity index (χ0n) is 8.56. The van der Waals surface area contributed by atoms with Crippen LogP contribution in [0.3, 0.4) is 0 Å². The Balaban J connectivity index is 2.77. The highest BCUT2D eigenvalue weighted by atomic mass is 16.5. The third kappa shape index (κ3) is 3.21. The van der Waals surface area contributed by atoms with Gasteiger partial charge in [-0.05, 0) is 19.1 Å². The van der Waals surface area contributed by atoms with Crippen LogP contribution in [0.1, 0.15) is 17.4 Å². The lowest BCUT2D eigenvalue weighted by atomic mass is 10.3. The molecule has 0 aliphatic rings. The largest absolute Gasteiger partial charge is 0.491 e. The molecular formula is C10H14N2O3. The lowest BCUT2D eigenvalue weighted by molar-refractivity contribution is 0.0935. The van der Waals surface area contributed by atoms with Crippen LogP contribution >= 0.6 is 0 Å². The van der Waals surface area contributed by atoms with Crippen LogP contribution in [0.25, 0.3) is 0 Å². The van der Waals surface area contributed by atoms with E-state index in [1.165, 1.54) is 6.20 Å². The van der Waals surface area contributed by atoms with Crippen molar-refractivity contribution >= 4 is 5.91 Å². The minimum Gasteiger partial charge on any atom is -0.491 e. The molecule has 0 saturated heterocycles. The molecule has 0 radical (unpaired) electrons. The summed E-state index contributed by atoms with van der Waals surface area (Å²) in [5.41, 5.74) is 0.243. The van der Waals surface area contributed by atoms with E-state index in [4.69, 9.17) is 9.84 Å². The highest BCUT2D eigenvalue weighted by Gasteiger charge is 2.12. The number of hydrogen-bond acceptors (Lipinski definition) is 4. The molecule has 5 nitrogen and oxygen atoms in total. The van der Waals surface area contributed by atoms with E-state index in [0.717, 1.165) is 0 Å². The van der Waals surface area contributed by atoms with Crippen LogP contribution in [0.5, 0.6) is 5.75 Å². The van der Waals surface area contributed by atoms with E-state index in [-0.39, 0.29) is 24.8 Å². The van der Waals surface area contributed by atoms with Crippen LogP contribution in [0.2, 0.25) is 0 Å². The Kier molecular flexibility index (Phi) is 4.56. The molecule has 1 aromatic heterocycles. The minimum absolute atomic E-state index is 0.0947. The van der Waals surface area contributed by atoms with Crippen molar-refractivity contribution in [3.63, 3.8) is 0 Å². The molecule has 1 heterocycles. The van der Waals surface area contributed by atoms with Gasteiger partial charge < -0.3 is 15.2 Å². The van der Waals surface area contributed by atoms with Crippen LogP contribution < -0.4 is 10.1 Å². The molecule has 0 aliphatic carbocycles. The molecule has 82 valence electrons. The lowest BCUT2D eigenvalue weighted by Gasteiger charge is -2.08. The first-order chi connectivity index (χ1) is 7.29. The quantitative estimate of drug-likeness (QED) is 0.728. The standard InChI is InChI=1S/C10H14N2O3/c1-2-15-8-4-3-5-11-9(8)10(14)12-6-7-13/h3-5,13H,2,6-7H2,1H3,(H,12,14). The summed E-state index contributed by atoms with van der Waals surface area (Å²) in [6, 6.07) is 3.39. The molecule has 0 spiro atoms. The van der Waals surface area contributed by atoms with Crippen molar-refractivity contribution in [2.24, 2.45) is 0 Å². The monoisotopic (exact) mass is 210 g/mol. The van der Waals surface area contributed by atoms with E-state index in [2.05, 4.69) is 10.3 Å². The van der Waals surface area contributed by atoms with Gasteiger partial charge in [0.05, 0.1) is 13.2 Å². The fourth-order valence-electron chi connectivity index (χ4n) is 1.09. The molecule has 1 aromatic rings. The average molecular weight is 210 g/mol. The Bertz CT molecular complexity index is 328. The number of carbonyl (C=O) groups excluding carboxylic acids is 1. The predicted molar refractivity (Wildman–Crippen MR) is 54.8 cm³/mol. The summed E-state index contributed by atoms with van der Waals surface area (Å²) >= 11 is 0. The smallest absolute Gasteiger partial charge is 0.273 e. The van der Waals surface area contributed by atoms with E-state index >= 15 is 0 Å². The SMILES string of the molecule is CCOc1cccnc1C(=O)NCCO. The summed E-state index contributed by atoms with van der Waals surface area (Å²) in [6.07, 6.45) is 1.52. The van der Waals surface area contributed by atoms with Crippen molar-refractivity contribution in [1.29, 1.82) is 0 Å². The predicted octanol–water partition coefficient (Wildman–Crippen LogP) is 0.202. The van der Waals surface area contributed by atoms with Gasteiger partial charge in [0, 0.05) is 12.7 Å². The fourth-order valence-corrected chi connectivity index (χ4v) is 1.09. The molecule has 15 heavy (non-hydrogen) atoms. The number of nitrogens with zero attached hydrogens (tertiary/aromatic N) is 1. The first-order valence-electron chi connectivity index (χ1n) is 4.76. The summed E-state index contributed by atoms with van der Waals surface area (Å²) in [4.78, 5) is 15.5. The Morgan fingerprint density at radius 3 is 3.13 bits per heavy atom. The van der Waals surface area contributed by atoms with Gasteiger partial charge in [-0.15, -0.1) is 0 Å². The maximum absolute atomic E-state index is 11.5. The first-order valence-corrected chi connectivity index (χ1v) is 4.76. The Morgan fingerprint density at radius 1 is 1.67 bits per heavy atom. The number of hydrogen-bond donors (Lipinski definition) is 2. The normalized spacial score (nSPS) is 9.73. The molecule has 2 N–H and O–H groups in total. The van der Waals surface area contributed by atoms with E-state index < -0.39 is 0 Å². The lowest BCUT2D eigenvalue weighted by Crippen LogP contribution is -2.27. The van der Waals surface area contributed by atoms with E-state index in [9.17, 15) is 4.79 Å². The van der Waals surface area contributed by atoms with Crippen LogP contribution in [0, 0.1) is 0 Å². The second kappa shape index (κ2) is 5.98. The second-order valence-electron chi connectivity index (χ2n) is 2.76. The van der Waals surface area contributed by atoms with Crippen molar-refractivity contribution in [1.82, 2.24) is 10.3 Å². The summed E-state index contributed by atoms with van der Waals surface area (Å²) in [5.74, 6) is 0.114. The fraction of sp³-hybridized carbons (Fsp3) is 0.400. The third-order valence-corrected chi connectivity index (χ3v) is 1.68. The van der Waals surface area contributed by atoms with Gasteiger partial charge in [0.1, 0.15) is 0 Å². The number of nitrogens with one attached hydrogen (secondary N) is 1. The van der Waals surface area contributed by atoms with Crippen LogP contribution in [0.4, 0.5) is 0 Å². The summed E-state index contributed by atoms with van der Waals surface area (Å²) in [5, 5.41) is 11.1. The molecule has 0 unspecified atom stereocenters. The van der Waals surface area contributed by atoms with Gasteiger partial charge >= 0.3 is 0 Å². The van der Waals surface area contributed by atoms with Gasteiger partial charge in [0.15, 0.2) is 11.4 Å². The van der Waals surface area contributed by atoms with Crippen molar-refractivity contribution in [2.75, 3.05) is 19.8 Å². The maximum atomic E-state index is 11.5. The zero-order chi connectivity index (χ0) is 11.1. The number of amides is 1. The molecule has 1 amide bonds. The van der Waals surface area contributed by atoms with Gasteiger partial charge in [0.2, 0.25) is 0 Å². The van der Waals surface area contributed by atoms with E-state index in [0.29, 0.717) is 12.4 Å². The van der Waals surface area contributed by atoms with Crippen molar-refractivity contribution in [3.8, 4) is 5.75 Å². The average Bonchev–Trinajstić information content (AvgIpc) is 2.27. The van der Waals surface area contributed by atoms with Crippen LogP contribution in [-0.4, -0.2) is 35.8 Å². The molecular weight excluding hydrogens is 196 g/mol. The Hall–Kier alpha value is -1.62. The molecule has 5 heteroatoms. The van der Waals surface area contributed by atoms with Gasteiger partial charge in [-0.2, -0.15) is 0 Å². The molecule has 0 atom stereocenters. The van der Waals surface area contributed by atoms with Crippen LogP contribution in [-0.2, 0) is 0 Å². The Labute approximate surface area is 88.1 Å². The number of ether oxygens (including phenoxy) is 1. The van der Waals surface area contributed by atoms with Gasteiger partial charge in [-0.3, -0.25) is 4.79 Å². The number of carbonyl (C=O) groups is 1. The second-order valence-corrected chi connectivity index (χ2v) is 2.76.